The summed E-state index contributed by atoms with van der Waals surface area (Å²) in [5.74, 6) is 1.07. The maximum Gasteiger partial charge on any atom is 0.130 e. The second-order valence-electron chi connectivity index (χ2n) is 3.18. The van der Waals surface area contributed by atoms with E-state index in [4.69, 9.17) is 12.2 Å². The van der Waals surface area contributed by atoms with Gasteiger partial charge in [0, 0.05) is 25.0 Å². The molecule has 1 heterocycles. The largest absolute Gasteiger partial charge is 0.371 e. The molecule has 0 spiro atoms. The van der Waals surface area contributed by atoms with Crippen LogP contribution in [0.3, 0.4) is 0 Å². The summed E-state index contributed by atoms with van der Waals surface area (Å²) in [5, 5.41) is 3.01. The summed E-state index contributed by atoms with van der Waals surface area (Å²) in [6.07, 6.45) is 2.92. The summed E-state index contributed by atoms with van der Waals surface area (Å²) < 4.78 is 2.76. The monoisotopic (exact) mass is 229 g/mol. The lowest BCUT2D eigenvalue weighted by Gasteiger charge is -2.08. The Morgan fingerprint density at radius 3 is 2.86 bits per heavy atom. The molecular weight excluding hydrogens is 214 g/mol. The molecule has 0 atom stereocenters. The highest BCUT2D eigenvalue weighted by molar-refractivity contribution is 8.11. The minimum Gasteiger partial charge on any atom is -0.371 e. The van der Waals surface area contributed by atoms with Gasteiger partial charge in [-0.25, -0.2) is 4.98 Å². The van der Waals surface area contributed by atoms with Gasteiger partial charge in [-0.1, -0.05) is 12.2 Å². The summed E-state index contributed by atoms with van der Waals surface area (Å²) in [6.45, 7) is 5.92. The molecule has 0 aromatic carbocycles. The number of hydrogen-bond donors (Lipinski definition) is 2. The molecule has 0 radical (unpaired) electrons. The fourth-order valence-corrected chi connectivity index (χ4v) is 1.57. The average molecular weight is 229 g/mol. The summed E-state index contributed by atoms with van der Waals surface area (Å²) in [7, 11) is 0. The highest BCUT2D eigenvalue weighted by Crippen LogP contribution is 2.03. The normalized spacial score (nSPS) is 10.2. The highest BCUT2D eigenvalue weighted by Gasteiger charge is 2.00. The zero-order valence-corrected chi connectivity index (χ0v) is 10.2. The van der Waals surface area contributed by atoms with Crippen molar-refractivity contribution in [2.45, 2.75) is 26.8 Å². The van der Waals surface area contributed by atoms with Gasteiger partial charge in [0.1, 0.15) is 10.1 Å². The maximum atomic E-state index is 4.79. The predicted molar refractivity (Wildman–Crippen MR) is 65.9 cm³/mol. The molecule has 0 unspecified atom stereocenters. The summed E-state index contributed by atoms with van der Waals surface area (Å²) in [6, 6.07) is 0. The Morgan fingerprint density at radius 1 is 1.64 bits per heavy atom. The van der Waals surface area contributed by atoms with Crippen LogP contribution in [0.4, 0.5) is 0 Å². The first-order chi connectivity index (χ1) is 6.61. The number of hydrogen-bond acceptors (Lipinski definition) is 2. The van der Waals surface area contributed by atoms with Crippen molar-refractivity contribution >= 4 is 29.2 Å². The molecule has 0 amide bonds. The zero-order valence-electron chi connectivity index (χ0n) is 8.45. The number of thiol groups is 1. The van der Waals surface area contributed by atoms with Crippen LogP contribution in [0.1, 0.15) is 17.9 Å². The van der Waals surface area contributed by atoms with Crippen LogP contribution in [0.25, 0.3) is 0 Å². The number of aromatic nitrogens is 2. The van der Waals surface area contributed by atoms with E-state index in [0.29, 0.717) is 4.32 Å². The molecule has 1 aromatic heterocycles. The lowest BCUT2D eigenvalue weighted by atomic mass is 10.4. The molecular formula is C9H15N3S2. The fraction of sp³-hybridized carbons (Fsp3) is 0.556. The Hall–Kier alpha value is -0.550. The lowest BCUT2D eigenvalue weighted by molar-refractivity contribution is 0.607. The van der Waals surface area contributed by atoms with Crippen molar-refractivity contribution in [3.8, 4) is 0 Å². The second-order valence-corrected chi connectivity index (χ2v) is 4.34. The van der Waals surface area contributed by atoms with Crippen molar-refractivity contribution in [1.82, 2.24) is 14.9 Å². The van der Waals surface area contributed by atoms with Gasteiger partial charge in [-0.3, -0.25) is 0 Å². The van der Waals surface area contributed by atoms with Gasteiger partial charge in [0.15, 0.2) is 0 Å². The van der Waals surface area contributed by atoms with E-state index in [0.717, 1.165) is 25.3 Å². The van der Waals surface area contributed by atoms with E-state index >= 15 is 0 Å². The van der Waals surface area contributed by atoms with Crippen LogP contribution in [0.15, 0.2) is 6.20 Å². The quantitative estimate of drug-likeness (QED) is 0.468. The summed E-state index contributed by atoms with van der Waals surface area (Å²) >= 11 is 8.78. The van der Waals surface area contributed by atoms with Crippen LogP contribution in [0.5, 0.6) is 0 Å². The van der Waals surface area contributed by atoms with Crippen molar-refractivity contribution in [1.29, 1.82) is 0 Å². The van der Waals surface area contributed by atoms with E-state index in [1.165, 1.54) is 5.69 Å². The number of rotatable bonds is 4. The molecule has 0 saturated carbocycles. The summed E-state index contributed by atoms with van der Waals surface area (Å²) in [5.41, 5.74) is 1.20. The van der Waals surface area contributed by atoms with Crippen molar-refractivity contribution in [2.24, 2.45) is 0 Å². The Kier molecular flexibility index (Phi) is 4.41. The van der Waals surface area contributed by atoms with E-state index in [-0.39, 0.29) is 0 Å². The Balaban J connectivity index is 2.34. The Bertz CT molecular complexity index is 300. The minimum absolute atomic E-state index is 0.559. The summed E-state index contributed by atoms with van der Waals surface area (Å²) in [4.78, 5) is 4.23. The number of thiocarbonyl (C=S) groups is 1. The van der Waals surface area contributed by atoms with Crippen molar-refractivity contribution in [2.75, 3.05) is 6.54 Å². The van der Waals surface area contributed by atoms with E-state index in [1.54, 1.807) is 0 Å². The van der Waals surface area contributed by atoms with Crippen LogP contribution >= 0.6 is 24.8 Å². The Morgan fingerprint density at radius 2 is 2.36 bits per heavy atom. The Labute approximate surface area is 95.3 Å². The highest BCUT2D eigenvalue weighted by atomic mass is 32.1. The van der Waals surface area contributed by atoms with Crippen molar-refractivity contribution < 1.29 is 0 Å². The molecule has 0 bridgehead atoms. The van der Waals surface area contributed by atoms with E-state index in [9.17, 15) is 0 Å². The van der Waals surface area contributed by atoms with Crippen LogP contribution in [0.2, 0.25) is 0 Å². The molecule has 78 valence electrons. The van der Waals surface area contributed by atoms with Crippen LogP contribution in [-0.2, 0) is 6.54 Å². The standard InChI is InChI=1S/C9H15N3S2/c1-7-6-11-8(2)12(7)5-3-4-10-9(13)14/h6H,3-5H2,1-2H3,(H2,10,13,14). The molecule has 14 heavy (non-hydrogen) atoms. The van der Waals surface area contributed by atoms with Crippen LogP contribution in [-0.4, -0.2) is 20.4 Å². The smallest absolute Gasteiger partial charge is 0.130 e. The number of aryl methyl sites for hydroxylation is 2. The van der Waals surface area contributed by atoms with Crippen LogP contribution in [0, 0.1) is 13.8 Å². The molecule has 1 rings (SSSR count). The second kappa shape index (κ2) is 5.36. The first-order valence-corrected chi connectivity index (χ1v) is 5.42. The van der Waals surface area contributed by atoms with Gasteiger partial charge < -0.3 is 9.88 Å². The molecule has 0 aliphatic rings. The van der Waals surface area contributed by atoms with Gasteiger partial charge >= 0.3 is 0 Å². The third kappa shape index (κ3) is 3.31. The molecule has 0 fully saturated rings. The van der Waals surface area contributed by atoms with E-state index < -0.39 is 0 Å². The van der Waals surface area contributed by atoms with Gasteiger partial charge in [0.25, 0.3) is 0 Å². The topological polar surface area (TPSA) is 29.9 Å². The molecule has 3 nitrogen and oxygen atoms in total. The van der Waals surface area contributed by atoms with Crippen LogP contribution < -0.4 is 5.32 Å². The van der Waals surface area contributed by atoms with E-state index in [1.807, 2.05) is 13.1 Å². The first-order valence-electron chi connectivity index (χ1n) is 4.57. The molecule has 1 N–H and O–H groups in total. The van der Waals surface area contributed by atoms with Gasteiger partial charge in [-0.05, 0) is 20.3 Å². The minimum atomic E-state index is 0.559. The first kappa shape index (κ1) is 11.5. The van der Waals surface area contributed by atoms with Gasteiger partial charge in [-0.15, -0.1) is 12.6 Å². The SMILES string of the molecule is Cc1cnc(C)n1CCCNC(=S)S. The van der Waals surface area contributed by atoms with Gasteiger partial charge in [-0.2, -0.15) is 0 Å². The maximum absolute atomic E-state index is 4.79. The fourth-order valence-electron chi connectivity index (χ4n) is 1.35. The van der Waals surface area contributed by atoms with Gasteiger partial charge in [0.2, 0.25) is 0 Å². The molecule has 0 saturated heterocycles. The number of nitrogens with zero attached hydrogens (tertiary/aromatic N) is 2. The zero-order chi connectivity index (χ0) is 10.6. The molecule has 0 aliphatic heterocycles. The third-order valence-electron chi connectivity index (χ3n) is 2.09. The number of imidazole rings is 1. The number of nitrogens with one attached hydrogen (secondary N) is 1. The van der Waals surface area contributed by atoms with Crippen molar-refractivity contribution in [3.63, 3.8) is 0 Å². The van der Waals surface area contributed by atoms with Gasteiger partial charge in [0.05, 0.1) is 0 Å². The molecule has 5 heteroatoms. The predicted octanol–water partition coefficient (Wildman–Crippen LogP) is 1.69. The molecule has 0 aliphatic carbocycles. The third-order valence-corrected chi connectivity index (χ3v) is 2.39. The van der Waals surface area contributed by atoms with Crippen molar-refractivity contribution in [3.05, 3.63) is 17.7 Å². The molecule has 1 aromatic rings. The lowest BCUT2D eigenvalue weighted by Crippen LogP contribution is -2.19. The van der Waals surface area contributed by atoms with E-state index in [2.05, 4.69) is 34.4 Å². The average Bonchev–Trinajstić information content (AvgIpc) is 2.42.